The van der Waals surface area contributed by atoms with Crippen molar-refractivity contribution in [2.24, 2.45) is 5.92 Å². The number of fused-ring (bicyclic) bond motifs is 2. The Hall–Kier alpha value is -3.05. The third kappa shape index (κ3) is 2.79. The number of rotatable bonds is 4. The van der Waals surface area contributed by atoms with Crippen LogP contribution in [-0.2, 0) is 14.6 Å². The summed E-state index contributed by atoms with van der Waals surface area (Å²) in [6.07, 6.45) is 0. The molecule has 1 aliphatic heterocycles. The number of hydrogen-bond donors (Lipinski definition) is 0. The maximum absolute atomic E-state index is 13.3. The van der Waals surface area contributed by atoms with Gasteiger partial charge in [-0.25, -0.2) is 8.42 Å². The van der Waals surface area contributed by atoms with Crippen LogP contribution in [-0.4, -0.2) is 20.0 Å². The lowest BCUT2D eigenvalue weighted by Crippen LogP contribution is -2.33. The van der Waals surface area contributed by atoms with Crippen LogP contribution in [0.15, 0.2) is 88.7 Å². The molecule has 140 valence electrons. The van der Waals surface area contributed by atoms with Crippen molar-refractivity contribution in [3.05, 3.63) is 95.6 Å². The predicted molar refractivity (Wildman–Crippen MR) is 105 cm³/mol. The highest BCUT2D eigenvalue weighted by atomic mass is 32.2. The van der Waals surface area contributed by atoms with Crippen molar-refractivity contribution >= 4 is 21.4 Å². The SMILES string of the molecule is CC(=O)[C@H](C(=O)c1ccccc1)C1c2ccccc2S(=O)(=O)c2ccccc21. The van der Waals surface area contributed by atoms with Gasteiger partial charge in [-0.15, -0.1) is 0 Å². The molecule has 0 radical (unpaired) electrons. The predicted octanol–water partition coefficient (Wildman–Crippen LogP) is 4.05. The first-order chi connectivity index (χ1) is 13.4. The lowest BCUT2D eigenvalue weighted by Gasteiger charge is -2.32. The Morgan fingerprint density at radius 1 is 0.750 bits per heavy atom. The molecule has 1 atom stereocenters. The lowest BCUT2D eigenvalue weighted by molar-refractivity contribution is -0.119. The maximum atomic E-state index is 13.3. The monoisotopic (exact) mass is 390 g/mol. The van der Waals surface area contributed by atoms with E-state index < -0.39 is 21.7 Å². The first kappa shape index (κ1) is 18.3. The van der Waals surface area contributed by atoms with Gasteiger partial charge < -0.3 is 0 Å². The molecular formula is C23H18O4S. The molecule has 0 aromatic heterocycles. The topological polar surface area (TPSA) is 68.3 Å². The summed E-state index contributed by atoms with van der Waals surface area (Å²) in [7, 11) is -3.71. The second kappa shape index (κ2) is 6.84. The van der Waals surface area contributed by atoms with Gasteiger partial charge in [0.15, 0.2) is 5.78 Å². The molecule has 1 heterocycles. The molecule has 0 amide bonds. The normalized spacial score (nSPS) is 15.9. The summed E-state index contributed by atoms with van der Waals surface area (Å²) in [6.45, 7) is 1.39. The van der Waals surface area contributed by atoms with Crippen LogP contribution in [0.2, 0.25) is 0 Å². The minimum atomic E-state index is -3.71. The molecule has 3 aromatic carbocycles. The van der Waals surface area contributed by atoms with Crippen molar-refractivity contribution in [3.8, 4) is 0 Å². The fourth-order valence-corrected chi connectivity index (χ4v) is 5.73. The van der Waals surface area contributed by atoms with Crippen LogP contribution in [0.5, 0.6) is 0 Å². The maximum Gasteiger partial charge on any atom is 0.207 e. The summed E-state index contributed by atoms with van der Waals surface area (Å²) in [4.78, 5) is 26.3. The Kier molecular flexibility index (Phi) is 4.47. The highest BCUT2D eigenvalue weighted by molar-refractivity contribution is 7.91. The summed E-state index contributed by atoms with van der Waals surface area (Å²) in [6, 6.07) is 21.9. The Morgan fingerprint density at radius 2 is 1.21 bits per heavy atom. The van der Waals surface area contributed by atoms with Gasteiger partial charge >= 0.3 is 0 Å². The highest BCUT2D eigenvalue weighted by Gasteiger charge is 2.43. The van der Waals surface area contributed by atoms with E-state index in [1.807, 2.05) is 0 Å². The molecule has 3 aromatic rings. The molecule has 1 aliphatic rings. The van der Waals surface area contributed by atoms with Gasteiger partial charge in [0.05, 0.1) is 15.7 Å². The Bertz CT molecular complexity index is 1130. The van der Waals surface area contributed by atoms with Crippen molar-refractivity contribution in [3.63, 3.8) is 0 Å². The fourth-order valence-electron chi connectivity index (χ4n) is 3.96. The average molecular weight is 390 g/mol. The standard InChI is InChI=1S/C23H18O4S/c1-15(24)21(23(25)16-9-3-2-4-10-16)22-17-11-5-7-13-19(17)28(26,27)20-14-8-6-12-18(20)22/h2-14,21-22H,1H3/t21-/m0/s1. The van der Waals surface area contributed by atoms with Crippen molar-refractivity contribution in [2.75, 3.05) is 0 Å². The average Bonchev–Trinajstić information content (AvgIpc) is 2.71. The lowest BCUT2D eigenvalue weighted by atomic mass is 9.75. The third-order valence-corrected chi connectivity index (χ3v) is 7.10. The molecule has 5 heteroatoms. The summed E-state index contributed by atoms with van der Waals surface area (Å²) in [5, 5.41) is 0. The first-order valence-electron chi connectivity index (χ1n) is 8.95. The van der Waals surface area contributed by atoms with Crippen LogP contribution < -0.4 is 0 Å². The van der Waals surface area contributed by atoms with Gasteiger partial charge in [-0.3, -0.25) is 9.59 Å². The molecule has 4 nitrogen and oxygen atoms in total. The van der Waals surface area contributed by atoms with Gasteiger partial charge in [0, 0.05) is 11.5 Å². The van der Waals surface area contributed by atoms with E-state index in [-0.39, 0.29) is 21.4 Å². The van der Waals surface area contributed by atoms with Gasteiger partial charge in [-0.05, 0) is 30.2 Å². The zero-order valence-corrected chi connectivity index (χ0v) is 16.0. The number of carbonyl (C=O) groups is 2. The smallest absolute Gasteiger partial charge is 0.207 e. The Morgan fingerprint density at radius 3 is 1.71 bits per heavy atom. The quantitative estimate of drug-likeness (QED) is 0.498. The molecule has 0 aliphatic carbocycles. The zero-order valence-electron chi connectivity index (χ0n) is 15.2. The van der Waals surface area contributed by atoms with E-state index in [4.69, 9.17) is 0 Å². The van der Waals surface area contributed by atoms with Gasteiger partial charge in [-0.1, -0.05) is 66.7 Å². The van der Waals surface area contributed by atoms with E-state index in [0.717, 1.165) is 0 Å². The minimum Gasteiger partial charge on any atom is -0.299 e. The number of hydrogen-bond acceptors (Lipinski definition) is 4. The number of sulfone groups is 1. The number of ketones is 2. The molecule has 0 spiro atoms. The van der Waals surface area contributed by atoms with Crippen LogP contribution in [0.4, 0.5) is 0 Å². The minimum absolute atomic E-state index is 0.158. The summed E-state index contributed by atoms with van der Waals surface area (Å²) in [5.74, 6) is -2.24. The molecule has 4 rings (SSSR count). The number of carbonyl (C=O) groups excluding carboxylic acids is 2. The van der Waals surface area contributed by atoms with Crippen molar-refractivity contribution in [2.45, 2.75) is 22.6 Å². The van der Waals surface area contributed by atoms with Gasteiger partial charge in [0.2, 0.25) is 9.84 Å². The Labute approximate surface area is 163 Å². The van der Waals surface area contributed by atoms with Crippen LogP contribution in [0.3, 0.4) is 0 Å². The van der Waals surface area contributed by atoms with Crippen molar-refractivity contribution < 1.29 is 18.0 Å². The van der Waals surface area contributed by atoms with E-state index >= 15 is 0 Å². The molecule has 0 N–H and O–H groups in total. The number of Topliss-reactive ketones (excluding diaryl/α,β-unsaturated/α-hetero) is 2. The van der Waals surface area contributed by atoms with Crippen LogP contribution >= 0.6 is 0 Å². The van der Waals surface area contributed by atoms with Gasteiger partial charge in [0.1, 0.15) is 5.78 Å². The second-order valence-electron chi connectivity index (χ2n) is 6.88. The summed E-state index contributed by atoms with van der Waals surface area (Å²) >= 11 is 0. The van der Waals surface area contributed by atoms with Crippen LogP contribution in [0.25, 0.3) is 0 Å². The summed E-state index contributed by atoms with van der Waals surface area (Å²) in [5.41, 5.74) is 1.42. The molecule has 28 heavy (non-hydrogen) atoms. The molecule has 0 fully saturated rings. The second-order valence-corrected chi connectivity index (χ2v) is 8.76. The third-order valence-electron chi connectivity index (χ3n) is 5.20. The van der Waals surface area contributed by atoms with E-state index in [2.05, 4.69) is 0 Å². The van der Waals surface area contributed by atoms with E-state index in [1.165, 1.54) is 19.1 Å². The molecule has 0 bridgehead atoms. The summed E-state index contributed by atoms with van der Waals surface area (Å²) < 4.78 is 26.2. The highest BCUT2D eigenvalue weighted by Crippen LogP contribution is 2.46. The molecule has 0 saturated carbocycles. The number of benzene rings is 3. The van der Waals surface area contributed by atoms with Gasteiger partial charge in [-0.2, -0.15) is 0 Å². The molecule has 0 unspecified atom stereocenters. The van der Waals surface area contributed by atoms with Crippen molar-refractivity contribution in [1.82, 2.24) is 0 Å². The first-order valence-corrected chi connectivity index (χ1v) is 10.4. The van der Waals surface area contributed by atoms with Gasteiger partial charge in [0.25, 0.3) is 0 Å². The van der Waals surface area contributed by atoms with E-state index in [0.29, 0.717) is 16.7 Å². The van der Waals surface area contributed by atoms with Crippen LogP contribution in [0, 0.1) is 5.92 Å². The largest absolute Gasteiger partial charge is 0.299 e. The van der Waals surface area contributed by atoms with E-state index in [9.17, 15) is 18.0 Å². The van der Waals surface area contributed by atoms with E-state index in [1.54, 1.807) is 66.7 Å². The fraction of sp³-hybridized carbons (Fsp3) is 0.130. The zero-order chi connectivity index (χ0) is 19.9. The van der Waals surface area contributed by atoms with Crippen LogP contribution in [0.1, 0.15) is 34.3 Å². The molecule has 0 saturated heterocycles. The molecular weight excluding hydrogens is 372 g/mol. The van der Waals surface area contributed by atoms with Crippen molar-refractivity contribution in [1.29, 1.82) is 0 Å². The Balaban J connectivity index is 1.98.